The number of aliphatic carboxylic acids is 1. The lowest BCUT2D eigenvalue weighted by atomic mass is 9.98. The highest BCUT2D eigenvalue weighted by atomic mass is 16.4. The first-order valence-corrected chi connectivity index (χ1v) is 7.03. The average molecular weight is 269 g/mol. The zero-order chi connectivity index (χ0) is 14.3. The maximum Gasteiger partial charge on any atom is 0.331 e. The van der Waals surface area contributed by atoms with E-state index < -0.39 is 11.5 Å². The number of carbonyl (C=O) groups excluding carboxylic acids is 2. The van der Waals surface area contributed by atoms with Gasteiger partial charge in [-0.15, -0.1) is 0 Å². The summed E-state index contributed by atoms with van der Waals surface area (Å²) in [4.78, 5) is 35.7. The SMILES string of the molecule is CCCCCCC(=O)CN1CCCC1(C=O)C(=O)O. The number of rotatable bonds is 9. The fourth-order valence-corrected chi connectivity index (χ4v) is 2.58. The Labute approximate surface area is 114 Å². The Bertz CT molecular complexity index is 342. The predicted octanol–water partition coefficient (Wildman–Crippen LogP) is 1.64. The van der Waals surface area contributed by atoms with Crippen molar-refractivity contribution in [2.24, 2.45) is 0 Å². The fourth-order valence-electron chi connectivity index (χ4n) is 2.58. The minimum Gasteiger partial charge on any atom is -0.480 e. The molecule has 0 aliphatic carbocycles. The first-order valence-electron chi connectivity index (χ1n) is 7.03. The number of ketones is 1. The zero-order valence-corrected chi connectivity index (χ0v) is 11.6. The van der Waals surface area contributed by atoms with Gasteiger partial charge in [-0.25, -0.2) is 4.79 Å². The second-order valence-electron chi connectivity index (χ2n) is 5.22. The fraction of sp³-hybridized carbons (Fsp3) is 0.786. The van der Waals surface area contributed by atoms with Crippen LogP contribution < -0.4 is 0 Å². The van der Waals surface area contributed by atoms with Crippen LogP contribution in [0.4, 0.5) is 0 Å². The van der Waals surface area contributed by atoms with Crippen LogP contribution in [0.25, 0.3) is 0 Å². The number of carboxylic acid groups (broad SMARTS) is 1. The van der Waals surface area contributed by atoms with E-state index in [9.17, 15) is 19.5 Å². The summed E-state index contributed by atoms with van der Waals surface area (Å²) in [6.45, 7) is 2.69. The summed E-state index contributed by atoms with van der Waals surface area (Å²) in [6, 6.07) is 0. The average Bonchev–Trinajstić information content (AvgIpc) is 2.78. The third-order valence-electron chi connectivity index (χ3n) is 3.79. The van der Waals surface area contributed by atoms with Crippen LogP contribution in [0.1, 0.15) is 51.9 Å². The predicted molar refractivity (Wildman–Crippen MR) is 71.0 cm³/mol. The van der Waals surface area contributed by atoms with Crippen LogP contribution in [-0.2, 0) is 14.4 Å². The van der Waals surface area contributed by atoms with E-state index in [0.717, 1.165) is 25.7 Å². The Morgan fingerprint density at radius 2 is 2.05 bits per heavy atom. The second-order valence-corrected chi connectivity index (χ2v) is 5.22. The van der Waals surface area contributed by atoms with E-state index >= 15 is 0 Å². The summed E-state index contributed by atoms with van der Waals surface area (Å²) in [5, 5.41) is 9.21. The molecule has 0 amide bonds. The van der Waals surface area contributed by atoms with Crippen LogP contribution >= 0.6 is 0 Å². The van der Waals surface area contributed by atoms with Crippen LogP contribution in [0.3, 0.4) is 0 Å². The zero-order valence-electron chi connectivity index (χ0n) is 11.6. The topological polar surface area (TPSA) is 74.7 Å². The summed E-state index contributed by atoms with van der Waals surface area (Å²) in [5.41, 5.74) is -1.47. The van der Waals surface area contributed by atoms with E-state index in [-0.39, 0.29) is 12.3 Å². The van der Waals surface area contributed by atoms with Crippen LogP contribution in [0.2, 0.25) is 0 Å². The minimum atomic E-state index is -1.47. The van der Waals surface area contributed by atoms with Gasteiger partial charge in [0.2, 0.25) is 0 Å². The lowest BCUT2D eigenvalue weighted by molar-refractivity contribution is -0.152. The molecule has 1 heterocycles. The smallest absolute Gasteiger partial charge is 0.331 e. The number of unbranched alkanes of at least 4 members (excludes halogenated alkanes) is 3. The highest BCUT2D eigenvalue weighted by Gasteiger charge is 2.48. The van der Waals surface area contributed by atoms with Gasteiger partial charge in [0.05, 0.1) is 6.54 Å². The number of carboxylic acids is 1. The molecular weight excluding hydrogens is 246 g/mol. The Balaban J connectivity index is 2.48. The molecule has 1 unspecified atom stereocenters. The third-order valence-corrected chi connectivity index (χ3v) is 3.79. The highest BCUT2D eigenvalue weighted by Crippen LogP contribution is 2.27. The summed E-state index contributed by atoms with van der Waals surface area (Å²) < 4.78 is 0. The molecule has 1 rings (SSSR count). The van der Waals surface area contributed by atoms with E-state index in [1.54, 1.807) is 0 Å². The van der Waals surface area contributed by atoms with E-state index in [1.807, 2.05) is 0 Å². The van der Waals surface area contributed by atoms with Crippen molar-refractivity contribution in [2.75, 3.05) is 13.1 Å². The van der Waals surface area contributed by atoms with Gasteiger partial charge in [-0.3, -0.25) is 9.69 Å². The molecule has 0 saturated carbocycles. The molecule has 1 aliphatic rings. The van der Waals surface area contributed by atoms with Gasteiger partial charge >= 0.3 is 5.97 Å². The summed E-state index contributed by atoms with van der Waals surface area (Å²) in [5.74, 6) is -1.11. The van der Waals surface area contributed by atoms with Gasteiger partial charge < -0.3 is 9.90 Å². The van der Waals surface area contributed by atoms with Crippen molar-refractivity contribution in [3.63, 3.8) is 0 Å². The summed E-state index contributed by atoms with van der Waals surface area (Å²) >= 11 is 0. The minimum absolute atomic E-state index is 0.0329. The van der Waals surface area contributed by atoms with E-state index in [0.29, 0.717) is 32.1 Å². The van der Waals surface area contributed by atoms with Gasteiger partial charge in [-0.1, -0.05) is 26.2 Å². The monoisotopic (exact) mass is 269 g/mol. The van der Waals surface area contributed by atoms with Crippen LogP contribution in [0.5, 0.6) is 0 Å². The second kappa shape index (κ2) is 7.38. The molecule has 0 aromatic rings. The lowest BCUT2D eigenvalue weighted by Crippen LogP contribution is -2.53. The molecule has 19 heavy (non-hydrogen) atoms. The Kier molecular flexibility index (Phi) is 6.15. The Morgan fingerprint density at radius 1 is 1.32 bits per heavy atom. The van der Waals surface area contributed by atoms with E-state index in [1.165, 1.54) is 4.90 Å². The molecular formula is C14H23NO4. The Hall–Kier alpha value is -1.23. The van der Waals surface area contributed by atoms with Crippen molar-refractivity contribution in [1.82, 2.24) is 4.90 Å². The number of carbonyl (C=O) groups is 3. The summed E-state index contributed by atoms with van der Waals surface area (Å²) in [6.07, 6.45) is 6.01. The van der Waals surface area contributed by atoms with Crippen molar-refractivity contribution in [3.05, 3.63) is 0 Å². The molecule has 0 aromatic heterocycles. The first kappa shape index (κ1) is 15.8. The molecule has 1 atom stereocenters. The number of hydrogen-bond donors (Lipinski definition) is 1. The maximum absolute atomic E-state index is 11.8. The molecule has 1 saturated heterocycles. The van der Waals surface area contributed by atoms with Gasteiger partial charge in [-0.2, -0.15) is 0 Å². The van der Waals surface area contributed by atoms with Crippen molar-refractivity contribution in [2.45, 2.75) is 57.4 Å². The lowest BCUT2D eigenvalue weighted by Gasteiger charge is -2.28. The molecule has 0 radical (unpaired) electrons. The van der Waals surface area contributed by atoms with E-state index in [4.69, 9.17) is 0 Å². The van der Waals surface area contributed by atoms with Crippen molar-refractivity contribution in [3.8, 4) is 0 Å². The van der Waals surface area contributed by atoms with Crippen LogP contribution in [0, 0.1) is 0 Å². The van der Waals surface area contributed by atoms with E-state index in [2.05, 4.69) is 6.92 Å². The molecule has 0 spiro atoms. The Morgan fingerprint density at radius 3 is 2.63 bits per heavy atom. The molecule has 5 heteroatoms. The number of nitrogens with zero attached hydrogens (tertiary/aromatic N) is 1. The standard InChI is InChI=1S/C14H23NO4/c1-2-3-4-5-7-12(17)10-15-9-6-8-14(15,11-16)13(18)19/h11H,2-10H2,1H3,(H,18,19). The number of likely N-dealkylation sites (tertiary alicyclic amines) is 1. The highest BCUT2D eigenvalue weighted by molar-refractivity contribution is 5.98. The molecule has 1 aliphatic heterocycles. The largest absolute Gasteiger partial charge is 0.480 e. The van der Waals surface area contributed by atoms with Gasteiger partial charge in [0, 0.05) is 13.0 Å². The number of hydrogen-bond acceptors (Lipinski definition) is 4. The van der Waals surface area contributed by atoms with Gasteiger partial charge in [0.1, 0.15) is 5.78 Å². The third kappa shape index (κ3) is 3.86. The quantitative estimate of drug-likeness (QED) is 0.391. The van der Waals surface area contributed by atoms with Crippen LogP contribution in [0.15, 0.2) is 0 Å². The molecule has 0 aromatic carbocycles. The number of Topliss-reactive ketones (excluding diaryl/α,β-unsaturated/α-hetero) is 1. The van der Waals surface area contributed by atoms with Crippen molar-refractivity contribution >= 4 is 18.0 Å². The molecule has 1 N–H and O–H groups in total. The van der Waals surface area contributed by atoms with Crippen LogP contribution in [-0.4, -0.2) is 46.7 Å². The van der Waals surface area contributed by atoms with Gasteiger partial charge in [0.15, 0.2) is 11.8 Å². The first-order chi connectivity index (χ1) is 9.06. The molecule has 108 valence electrons. The molecule has 5 nitrogen and oxygen atoms in total. The van der Waals surface area contributed by atoms with Gasteiger partial charge in [0.25, 0.3) is 0 Å². The maximum atomic E-state index is 11.8. The molecule has 0 bridgehead atoms. The number of aldehydes is 1. The molecule has 1 fully saturated rings. The summed E-state index contributed by atoms with van der Waals surface area (Å²) in [7, 11) is 0. The van der Waals surface area contributed by atoms with Crippen molar-refractivity contribution in [1.29, 1.82) is 0 Å². The van der Waals surface area contributed by atoms with Gasteiger partial charge in [-0.05, 0) is 19.3 Å². The van der Waals surface area contributed by atoms with Crippen molar-refractivity contribution < 1.29 is 19.5 Å². The normalized spacial score (nSPS) is 23.4.